The fourth-order valence-corrected chi connectivity index (χ4v) is 2.71. The number of unbranched alkanes of at least 4 members (excludes halogenated alkanes) is 2. The number of carboxylic acids is 1. The van der Waals surface area contributed by atoms with Gasteiger partial charge in [0.2, 0.25) is 0 Å². The van der Waals surface area contributed by atoms with Crippen LogP contribution in [0.4, 0.5) is 0 Å². The van der Waals surface area contributed by atoms with E-state index in [1.54, 1.807) is 18.2 Å². The molecule has 0 unspecified atom stereocenters. The number of carbonyl (C=O) groups excluding carboxylic acids is 1. The van der Waals surface area contributed by atoms with E-state index in [1.165, 1.54) is 18.2 Å². The normalized spacial score (nSPS) is 10.2. The van der Waals surface area contributed by atoms with Gasteiger partial charge in [-0.1, -0.05) is 25.1 Å². The minimum Gasteiger partial charge on any atom is -0.507 e. The number of hydrogen-bond acceptors (Lipinski definition) is 5. The van der Waals surface area contributed by atoms with Gasteiger partial charge in [-0.15, -0.1) is 0 Å². The lowest BCUT2D eigenvalue weighted by atomic mass is 9.95. The van der Waals surface area contributed by atoms with Gasteiger partial charge in [0.05, 0.1) is 23.8 Å². The summed E-state index contributed by atoms with van der Waals surface area (Å²) in [6.07, 6.45) is 2.48. The molecule has 0 bridgehead atoms. The Labute approximate surface area is 157 Å². The van der Waals surface area contributed by atoms with Crippen LogP contribution in [-0.4, -0.2) is 28.6 Å². The van der Waals surface area contributed by atoms with Gasteiger partial charge in [0.1, 0.15) is 11.5 Å². The van der Waals surface area contributed by atoms with Crippen molar-refractivity contribution in [2.24, 2.45) is 0 Å². The standard InChI is InChI=1S/C21H21NO5/c1-2-14-12-17(18(23)13-19(14)27-11-7-3-6-10-22)20(24)15-8-4-5-9-16(15)21(25)26/h4-5,8-9,12-13,23H,2-3,6-7,11H2,1H3,(H,25,26). The molecule has 0 radical (unpaired) electrons. The summed E-state index contributed by atoms with van der Waals surface area (Å²) in [7, 11) is 0. The van der Waals surface area contributed by atoms with Crippen LogP contribution in [0.5, 0.6) is 11.5 Å². The molecule has 2 aromatic carbocycles. The number of carbonyl (C=O) groups is 2. The van der Waals surface area contributed by atoms with Gasteiger partial charge in [-0.25, -0.2) is 4.79 Å². The molecule has 2 rings (SSSR count). The first-order valence-corrected chi connectivity index (χ1v) is 8.72. The molecule has 0 heterocycles. The highest BCUT2D eigenvalue weighted by atomic mass is 16.5. The van der Waals surface area contributed by atoms with Crippen molar-refractivity contribution in [3.8, 4) is 17.6 Å². The third-order valence-electron chi connectivity index (χ3n) is 4.15. The number of carboxylic acid groups (broad SMARTS) is 1. The fraction of sp³-hybridized carbons (Fsp3) is 0.286. The Morgan fingerprint density at radius 3 is 2.44 bits per heavy atom. The number of ketones is 1. The molecule has 0 aliphatic heterocycles. The number of nitriles is 1. The number of benzene rings is 2. The van der Waals surface area contributed by atoms with E-state index in [4.69, 9.17) is 10.00 Å². The lowest BCUT2D eigenvalue weighted by molar-refractivity contribution is 0.0692. The molecule has 0 saturated carbocycles. The van der Waals surface area contributed by atoms with E-state index >= 15 is 0 Å². The predicted molar refractivity (Wildman–Crippen MR) is 99.3 cm³/mol. The molecule has 0 amide bonds. The van der Waals surface area contributed by atoms with Crippen molar-refractivity contribution in [1.29, 1.82) is 5.26 Å². The number of phenolic OH excluding ortho intramolecular Hbond substituents is 1. The Bertz CT molecular complexity index is 883. The zero-order valence-electron chi connectivity index (χ0n) is 15.1. The molecule has 6 heteroatoms. The molecule has 6 nitrogen and oxygen atoms in total. The molecule has 0 aliphatic rings. The van der Waals surface area contributed by atoms with Crippen molar-refractivity contribution in [2.75, 3.05) is 6.61 Å². The van der Waals surface area contributed by atoms with Gasteiger partial charge in [-0.05, 0) is 37.0 Å². The Hall–Kier alpha value is -3.33. The van der Waals surface area contributed by atoms with E-state index in [0.717, 1.165) is 12.0 Å². The van der Waals surface area contributed by atoms with E-state index in [1.807, 2.05) is 6.92 Å². The van der Waals surface area contributed by atoms with Crippen LogP contribution in [0.1, 0.15) is 58.0 Å². The number of nitrogens with zero attached hydrogens (tertiary/aromatic N) is 1. The summed E-state index contributed by atoms with van der Waals surface area (Å²) < 4.78 is 5.68. The van der Waals surface area contributed by atoms with E-state index < -0.39 is 11.8 Å². The maximum absolute atomic E-state index is 12.8. The maximum atomic E-state index is 12.8. The summed E-state index contributed by atoms with van der Waals surface area (Å²) in [5.41, 5.74) is 0.687. The van der Waals surface area contributed by atoms with Gasteiger partial charge >= 0.3 is 5.97 Å². The second-order valence-electron chi connectivity index (χ2n) is 5.97. The first kappa shape index (κ1) is 20.0. The van der Waals surface area contributed by atoms with Crippen molar-refractivity contribution in [1.82, 2.24) is 0 Å². The molecule has 2 N–H and O–H groups in total. The van der Waals surface area contributed by atoms with E-state index in [9.17, 15) is 19.8 Å². The summed E-state index contributed by atoms with van der Waals surface area (Å²) >= 11 is 0. The Morgan fingerprint density at radius 2 is 1.81 bits per heavy atom. The molecular formula is C21H21NO5. The van der Waals surface area contributed by atoms with Gasteiger partial charge in [-0.3, -0.25) is 4.79 Å². The van der Waals surface area contributed by atoms with Crippen molar-refractivity contribution in [3.63, 3.8) is 0 Å². The third kappa shape index (κ3) is 4.85. The molecule has 0 saturated heterocycles. The number of rotatable bonds is 9. The van der Waals surface area contributed by atoms with Gasteiger partial charge < -0.3 is 14.9 Å². The highest BCUT2D eigenvalue weighted by molar-refractivity contribution is 6.15. The number of aryl methyl sites for hydroxylation is 1. The first-order chi connectivity index (χ1) is 13.0. The zero-order chi connectivity index (χ0) is 19.8. The van der Waals surface area contributed by atoms with Crippen molar-refractivity contribution in [2.45, 2.75) is 32.6 Å². The van der Waals surface area contributed by atoms with E-state index in [2.05, 4.69) is 6.07 Å². The molecule has 0 fully saturated rings. The third-order valence-corrected chi connectivity index (χ3v) is 4.15. The summed E-state index contributed by atoms with van der Waals surface area (Å²) in [4.78, 5) is 24.2. The number of aromatic carboxylic acids is 1. The van der Waals surface area contributed by atoms with Crippen LogP contribution in [0.15, 0.2) is 36.4 Å². The molecular weight excluding hydrogens is 346 g/mol. The summed E-state index contributed by atoms with van der Waals surface area (Å²) in [6.45, 7) is 2.30. The summed E-state index contributed by atoms with van der Waals surface area (Å²) in [5.74, 6) is -1.54. The quantitative estimate of drug-likeness (QED) is 0.513. The topological polar surface area (TPSA) is 108 Å². The van der Waals surface area contributed by atoms with Crippen molar-refractivity contribution < 1.29 is 24.5 Å². The van der Waals surface area contributed by atoms with Crippen molar-refractivity contribution >= 4 is 11.8 Å². The van der Waals surface area contributed by atoms with E-state index in [-0.39, 0.29) is 22.4 Å². The molecule has 0 spiro atoms. The van der Waals surface area contributed by atoms with Crippen LogP contribution in [0, 0.1) is 11.3 Å². The van der Waals surface area contributed by atoms with Gasteiger partial charge in [0.25, 0.3) is 0 Å². The number of phenols is 1. The predicted octanol–water partition coefficient (Wildman–Crippen LogP) is 3.96. The second kappa shape index (κ2) is 9.39. The largest absolute Gasteiger partial charge is 0.507 e. The van der Waals surface area contributed by atoms with Gasteiger partial charge in [0, 0.05) is 18.1 Å². The second-order valence-corrected chi connectivity index (χ2v) is 5.97. The molecule has 0 atom stereocenters. The average molecular weight is 367 g/mol. The van der Waals surface area contributed by atoms with Crippen LogP contribution < -0.4 is 4.74 Å². The number of hydrogen-bond donors (Lipinski definition) is 2. The SMILES string of the molecule is CCc1cc(C(=O)c2ccccc2C(=O)O)c(O)cc1OCCCCC#N. The van der Waals surface area contributed by atoms with Crippen LogP contribution in [0.25, 0.3) is 0 Å². The van der Waals surface area contributed by atoms with Crippen LogP contribution >= 0.6 is 0 Å². The lowest BCUT2D eigenvalue weighted by Crippen LogP contribution is -2.10. The molecule has 27 heavy (non-hydrogen) atoms. The molecule has 140 valence electrons. The van der Waals surface area contributed by atoms with Crippen LogP contribution in [0.2, 0.25) is 0 Å². The van der Waals surface area contributed by atoms with Gasteiger partial charge in [0.15, 0.2) is 5.78 Å². The Morgan fingerprint density at radius 1 is 1.11 bits per heavy atom. The smallest absolute Gasteiger partial charge is 0.336 e. The average Bonchev–Trinajstić information content (AvgIpc) is 2.67. The Kier molecular flexibility index (Phi) is 6.95. The first-order valence-electron chi connectivity index (χ1n) is 8.72. The maximum Gasteiger partial charge on any atom is 0.336 e. The van der Waals surface area contributed by atoms with Crippen molar-refractivity contribution in [3.05, 3.63) is 58.7 Å². The van der Waals surface area contributed by atoms with Crippen LogP contribution in [-0.2, 0) is 6.42 Å². The number of aromatic hydroxyl groups is 1. The molecule has 0 aliphatic carbocycles. The number of ether oxygens (including phenoxy) is 1. The van der Waals surface area contributed by atoms with Crippen LogP contribution in [0.3, 0.4) is 0 Å². The highest BCUT2D eigenvalue weighted by Gasteiger charge is 2.21. The minimum atomic E-state index is -1.20. The molecule has 2 aromatic rings. The van der Waals surface area contributed by atoms with E-state index in [0.29, 0.717) is 31.6 Å². The fourth-order valence-electron chi connectivity index (χ4n) is 2.71. The lowest BCUT2D eigenvalue weighted by Gasteiger charge is -2.14. The Balaban J connectivity index is 2.30. The summed E-state index contributed by atoms with van der Waals surface area (Å²) in [6, 6.07) is 10.9. The minimum absolute atomic E-state index is 0.0209. The highest BCUT2D eigenvalue weighted by Crippen LogP contribution is 2.31. The summed E-state index contributed by atoms with van der Waals surface area (Å²) in [5, 5.41) is 28.1. The molecule has 0 aromatic heterocycles. The monoisotopic (exact) mass is 367 g/mol. The van der Waals surface area contributed by atoms with Gasteiger partial charge in [-0.2, -0.15) is 5.26 Å². The zero-order valence-corrected chi connectivity index (χ0v) is 15.1.